The molecule has 1 N–H and O–H groups in total. The van der Waals surface area contributed by atoms with Crippen molar-refractivity contribution in [3.8, 4) is 0 Å². The molecule has 17 heavy (non-hydrogen) atoms. The van der Waals surface area contributed by atoms with Gasteiger partial charge in [-0.05, 0) is 34.8 Å². The molecule has 0 aromatic carbocycles. The lowest BCUT2D eigenvalue weighted by atomic mass is 10.2. The first-order valence-electron chi connectivity index (χ1n) is 5.36. The summed E-state index contributed by atoms with van der Waals surface area (Å²) in [6.45, 7) is 2.70. The van der Waals surface area contributed by atoms with E-state index in [-0.39, 0.29) is 0 Å². The molecule has 0 atom stereocenters. The molecule has 0 aliphatic heterocycles. The molecule has 0 saturated heterocycles. The fourth-order valence-corrected chi connectivity index (χ4v) is 2.03. The Morgan fingerprint density at radius 3 is 2.88 bits per heavy atom. The van der Waals surface area contributed by atoms with Gasteiger partial charge in [0, 0.05) is 25.9 Å². The first-order chi connectivity index (χ1) is 8.13. The van der Waals surface area contributed by atoms with Crippen LogP contribution >= 0.6 is 15.9 Å². The maximum Gasteiger partial charge on any atom is 0.130 e. The van der Waals surface area contributed by atoms with Crippen molar-refractivity contribution in [1.82, 2.24) is 19.7 Å². The standard InChI is InChI=1S/C11H14BrN5/c1-8-15-10(12)5-11(16-8)13-4-3-9-6-14-17(2)7-9/h5-7H,3-4H2,1-2H3,(H,13,15,16). The Hall–Kier alpha value is -1.43. The van der Waals surface area contributed by atoms with Crippen LogP contribution in [0.1, 0.15) is 11.4 Å². The predicted octanol–water partition coefficient (Wildman–Crippen LogP) is 1.94. The van der Waals surface area contributed by atoms with Crippen LogP contribution in [0, 0.1) is 6.92 Å². The first-order valence-corrected chi connectivity index (χ1v) is 6.15. The van der Waals surface area contributed by atoms with Gasteiger partial charge in [0.15, 0.2) is 0 Å². The van der Waals surface area contributed by atoms with Gasteiger partial charge >= 0.3 is 0 Å². The number of aromatic nitrogens is 4. The fraction of sp³-hybridized carbons (Fsp3) is 0.364. The van der Waals surface area contributed by atoms with Gasteiger partial charge in [0.25, 0.3) is 0 Å². The van der Waals surface area contributed by atoms with E-state index < -0.39 is 0 Å². The first kappa shape index (κ1) is 12.0. The Balaban J connectivity index is 1.89. The summed E-state index contributed by atoms with van der Waals surface area (Å²) in [6, 6.07) is 1.87. The van der Waals surface area contributed by atoms with E-state index in [4.69, 9.17) is 0 Å². The number of rotatable bonds is 4. The topological polar surface area (TPSA) is 55.6 Å². The largest absolute Gasteiger partial charge is 0.370 e. The minimum Gasteiger partial charge on any atom is -0.370 e. The van der Waals surface area contributed by atoms with Crippen molar-refractivity contribution >= 4 is 21.7 Å². The number of halogens is 1. The number of nitrogens with one attached hydrogen (secondary N) is 1. The second kappa shape index (κ2) is 5.27. The zero-order valence-corrected chi connectivity index (χ0v) is 11.4. The summed E-state index contributed by atoms with van der Waals surface area (Å²) in [6.07, 6.45) is 4.82. The Morgan fingerprint density at radius 2 is 2.24 bits per heavy atom. The van der Waals surface area contributed by atoms with E-state index in [0.717, 1.165) is 29.2 Å². The number of aryl methyl sites for hydroxylation is 2. The lowest BCUT2D eigenvalue weighted by molar-refractivity contribution is 0.767. The summed E-state index contributed by atoms with van der Waals surface area (Å²) >= 11 is 3.35. The van der Waals surface area contributed by atoms with Gasteiger partial charge < -0.3 is 5.32 Å². The summed E-state index contributed by atoms with van der Waals surface area (Å²) in [5.41, 5.74) is 1.21. The lowest BCUT2D eigenvalue weighted by Gasteiger charge is -2.05. The molecule has 2 heterocycles. The lowest BCUT2D eigenvalue weighted by Crippen LogP contribution is -2.07. The van der Waals surface area contributed by atoms with Gasteiger partial charge in [-0.3, -0.25) is 4.68 Å². The van der Waals surface area contributed by atoms with Crippen molar-refractivity contribution in [2.75, 3.05) is 11.9 Å². The molecular weight excluding hydrogens is 282 g/mol. The van der Waals surface area contributed by atoms with Gasteiger partial charge in [-0.25, -0.2) is 9.97 Å². The second-order valence-corrected chi connectivity index (χ2v) is 4.63. The van der Waals surface area contributed by atoms with Crippen LogP contribution < -0.4 is 5.32 Å². The van der Waals surface area contributed by atoms with E-state index in [0.29, 0.717) is 0 Å². The van der Waals surface area contributed by atoms with Gasteiger partial charge in [-0.1, -0.05) is 0 Å². The minimum absolute atomic E-state index is 0.753. The number of nitrogens with zero attached hydrogens (tertiary/aromatic N) is 4. The highest BCUT2D eigenvalue weighted by molar-refractivity contribution is 9.10. The van der Waals surface area contributed by atoms with E-state index in [2.05, 4.69) is 36.3 Å². The smallest absolute Gasteiger partial charge is 0.130 e. The van der Waals surface area contributed by atoms with Crippen molar-refractivity contribution in [3.05, 3.63) is 34.5 Å². The molecule has 2 aromatic rings. The second-order valence-electron chi connectivity index (χ2n) is 3.82. The molecular formula is C11H14BrN5. The predicted molar refractivity (Wildman–Crippen MR) is 69.9 cm³/mol. The van der Waals surface area contributed by atoms with E-state index >= 15 is 0 Å². The molecule has 0 amide bonds. The number of anilines is 1. The summed E-state index contributed by atoms with van der Waals surface area (Å²) in [5.74, 6) is 1.59. The molecule has 0 saturated carbocycles. The molecule has 0 fully saturated rings. The SMILES string of the molecule is Cc1nc(Br)cc(NCCc2cnn(C)c2)n1. The highest BCUT2D eigenvalue weighted by Gasteiger charge is 2.00. The van der Waals surface area contributed by atoms with Crippen LogP contribution in [0.5, 0.6) is 0 Å². The molecule has 5 nitrogen and oxygen atoms in total. The molecule has 0 aliphatic rings. The Kier molecular flexibility index (Phi) is 3.73. The molecule has 0 radical (unpaired) electrons. The Bertz CT molecular complexity index is 488. The van der Waals surface area contributed by atoms with Gasteiger partial charge in [0.2, 0.25) is 0 Å². The van der Waals surface area contributed by atoms with Crippen molar-refractivity contribution < 1.29 is 0 Å². The van der Waals surface area contributed by atoms with Gasteiger partial charge in [0.05, 0.1) is 6.20 Å². The van der Waals surface area contributed by atoms with Crippen LogP contribution in [0.4, 0.5) is 5.82 Å². The maximum atomic E-state index is 4.30. The summed E-state index contributed by atoms with van der Waals surface area (Å²) in [5, 5.41) is 7.39. The summed E-state index contributed by atoms with van der Waals surface area (Å²) in [7, 11) is 1.92. The van der Waals surface area contributed by atoms with E-state index in [1.807, 2.05) is 32.4 Å². The third-order valence-electron chi connectivity index (χ3n) is 2.28. The van der Waals surface area contributed by atoms with Crippen molar-refractivity contribution in [3.63, 3.8) is 0 Å². The average molecular weight is 296 g/mol. The molecule has 6 heteroatoms. The van der Waals surface area contributed by atoms with Gasteiger partial charge in [-0.15, -0.1) is 0 Å². The quantitative estimate of drug-likeness (QED) is 0.876. The van der Waals surface area contributed by atoms with E-state index in [1.165, 1.54) is 5.56 Å². The molecule has 0 bridgehead atoms. The monoisotopic (exact) mass is 295 g/mol. The van der Waals surface area contributed by atoms with Crippen molar-refractivity contribution in [2.45, 2.75) is 13.3 Å². The maximum absolute atomic E-state index is 4.30. The summed E-state index contributed by atoms with van der Waals surface area (Å²) in [4.78, 5) is 8.45. The minimum atomic E-state index is 0.753. The molecule has 90 valence electrons. The van der Waals surface area contributed by atoms with Crippen LogP contribution in [-0.4, -0.2) is 26.3 Å². The van der Waals surface area contributed by atoms with E-state index in [9.17, 15) is 0 Å². The van der Waals surface area contributed by atoms with Gasteiger partial charge in [-0.2, -0.15) is 5.10 Å². The van der Waals surface area contributed by atoms with Crippen LogP contribution in [0.2, 0.25) is 0 Å². The Labute approximate surface area is 108 Å². The van der Waals surface area contributed by atoms with Crippen LogP contribution in [0.3, 0.4) is 0 Å². The van der Waals surface area contributed by atoms with Gasteiger partial charge in [0.1, 0.15) is 16.2 Å². The highest BCUT2D eigenvalue weighted by Crippen LogP contribution is 2.11. The number of hydrogen-bond acceptors (Lipinski definition) is 4. The normalized spacial score (nSPS) is 10.5. The van der Waals surface area contributed by atoms with Crippen LogP contribution in [-0.2, 0) is 13.5 Å². The zero-order valence-electron chi connectivity index (χ0n) is 9.81. The van der Waals surface area contributed by atoms with Crippen molar-refractivity contribution in [1.29, 1.82) is 0 Å². The Morgan fingerprint density at radius 1 is 1.41 bits per heavy atom. The molecule has 0 spiro atoms. The van der Waals surface area contributed by atoms with Crippen LogP contribution in [0.25, 0.3) is 0 Å². The third kappa shape index (κ3) is 3.52. The van der Waals surface area contributed by atoms with Crippen LogP contribution in [0.15, 0.2) is 23.1 Å². The van der Waals surface area contributed by atoms with E-state index in [1.54, 1.807) is 4.68 Å². The summed E-state index contributed by atoms with van der Waals surface area (Å²) < 4.78 is 2.61. The third-order valence-corrected chi connectivity index (χ3v) is 2.69. The molecule has 0 unspecified atom stereocenters. The molecule has 2 rings (SSSR count). The highest BCUT2D eigenvalue weighted by atomic mass is 79.9. The average Bonchev–Trinajstić information content (AvgIpc) is 2.63. The zero-order chi connectivity index (χ0) is 12.3. The molecule has 2 aromatic heterocycles. The fourth-order valence-electron chi connectivity index (χ4n) is 1.56. The number of hydrogen-bond donors (Lipinski definition) is 1. The van der Waals surface area contributed by atoms with Crippen molar-refractivity contribution in [2.24, 2.45) is 7.05 Å². The molecule has 0 aliphatic carbocycles.